The Kier molecular flexibility index (Phi) is 4.32. The Hall–Kier alpha value is -1.99. The molecule has 6 nitrogen and oxygen atoms in total. The van der Waals surface area contributed by atoms with E-state index in [1.54, 1.807) is 12.1 Å². The predicted octanol–water partition coefficient (Wildman–Crippen LogP) is 1.55. The first-order chi connectivity index (χ1) is 11.0. The van der Waals surface area contributed by atoms with Gasteiger partial charge >= 0.3 is 0 Å². The average Bonchev–Trinajstić information content (AvgIpc) is 2.77. The minimum absolute atomic E-state index is 0.101. The summed E-state index contributed by atoms with van der Waals surface area (Å²) in [7, 11) is 0. The number of nitrogens with one attached hydrogen (secondary N) is 2. The fourth-order valence-corrected chi connectivity index (χ4v) is 2.72. The molecule has 1 amide bonds. The van der Waals surface area contributed by atoms with Crippen LogP contribution in [0.2, 0.25) is 0 Å². The van der Waals surface area contributed by atoms with Gasteiger partial charge in [0.1, 0.15) is 5.69 Å². The van der Waals surface area contributed by atoms with E-state index in [0.29, 0.717) is 30.8 Å². The standard InChI is InChI=1S/C16H20FN3O3/c1-16(2,19-15(21)10-8-18-6-7-22-9-10)14-11-4-3-5-12(17)13(11)23-20-14/h3-5,10,18H,6-9H2,1-2H3,(H,19,21). The number of para-hydroxylation sites is 1. The number of ether oxygens (including phenoxy) is 1. The third kappa shape index (κ3) is 3.20. The van der Waals surface area contributed by atoms with Gasteiger partial charge in [0.2, 0.25) is 11.5 Å². The number of benzene rings is 1. The van der Waals surface area contributed by atoms with Crippen molar-refractivity contribution in [1.29, 1.82) is 0 Å². The summed E-state index contributed by atoms with van der Waals surface area (Å²) >= 11 is 0. The van der Waals surface area contributed by atoms with E-state index in [4.69, 9.17) is 9.26 Å². The third-order valence-corrected chi connectivity index (χ3v) is 3.98. The van der Waals surface area contributed by atoms with Gasteiger partial charge in [0.05, 0.1) is 30.1 Å². The van der Waals surface area contributed by atoms with Crippen molar-refractivity contribution < 1.29 is 18.4 Å². The Morgan fingerprint density at radius 3 is 3.13 bits per heavy atom. The molecule has 0 aliphatic carbocycles. The lowest BCUT2D eigenvalue weighted by Gasteiger charge is -2.26. The number of amides is 1. The molecule has 1 unspecified atom stereocenters. The van der Waals surface area contributed by atoms with Crippen LogP contribution in [0.25, 0.3) is 11.0 Å². The number of carbonyl (C=O) groups is 1. The second-order valence-corrected chi connectivity index (χ2v) is 6.24. The maximum atomic E-state index is 13.7. The maximum absolute atomic E-state index is 13.7. The Morgan fingerprint density at radius 1 is 1.48 bits per heavy atom. The minimum Gasteiger partial charge on any atom is -0.379 e. The summed E-state index contributed by atoms with van der Waals surface area (Å²) in [5.74, 6) is -0.867. The highest BCUT2D eigenvalue weighted by molar-refractivity contribution is 5.83. The molecule has 1 aromatic heterocycles. The first-order valence-electron chi connectivity index (χ1n) is 7.64. The molecule has 2 N–H and O–H groups in total. The monoisotopic (exact) mass is 321 g/mol. The van der Waals surface area contributed by atoms with Crippen molar-refractivity contribution in [2.75, 3.05) is 26.3 Å². The summed E-state index contributed by atoms with van der Waals surface area (Å²) in [6.07, 6.45) is 0. The first-order valence-corrected chi connectivity index (χ1v) is 7.64. The van der Waals surface area contributed by atoms with Crippen LogP contribution in [0.4, 0.5) is 4.39 Å². The van der Waals surface area contributed by atoms with Crippen LogP contribution in [0.3, 0.4) is 0 Å². The summed E-state index contributed by atoms with van der Waals surface area (Å²) in [5, 5.41) is 10.7. The lowest BCUT2D eigenvalue weighted by atomic mass is 9.96. The average molecular weight is 321 g/mol. The number of nitrogens with zero attached hydrogens (tertiary/aromatic N) is 1. The predicted molar refractivity (Wildman–Crippen MR) is 82.3 cm³/mol. The molecule has 1 atom stereocenters. The van der Waals surface area contributed by atoms with E-state index >= 15 is 0 Å². The van der Waals surface area contributed by atoms with Crippen LogP contribution >= 0.6 is 0 Å². The zero-order valence-corrected chi connectivity index (χ0v) is 13.2. The largest absolute Gasteiger partial charge is 0.379 e. The van der Waals surface area contributed by atoms with Gasteiger partial charge in [-0.3, -0.25) is 4.79 Å². The molecular formula is C16H20FN3O3. The van der Waals surface area contributed by atoms with Crippen molar-refractivity contribution in [3.63, 3.8) is 0 Å². The second kappa shape index (κ2) is 6.25. The fourth-order valence-electron chi connectivity index (χ4n) is 2.72. The molecule has 0 radical (unpaired) electrons. The lowest BCUT2D eigenvalue weighted by molar-refractivity contribution is -0.128. The van der Waals surface area contributed by atoms with Crippen LogP contribution in [-0.2, 0) is 15.1 Å². The molecule has 1 aliphatic rings. The van der Waals surface area contributed by atoms with E-state index in [9.17, 15) is 9.18 Å². The molecule has 2 aromatic rings. The molecule has 2 heterocycles. The molecule has 23 heavy (non-hydrogen) atoms. The van der Waals surface area contributed by atoms with E-state index in [0.717, 1.165) is 6.54 Å². The van der Waals surface area contributed by atoms with Crippen molar-refractivity contribution in [2.24, 2.45) is 5.92 Å². The Bertz CT molecular complexity index is 706. The van der Waals surface area contributed by atoms with Crippen molar-refractivity contribution >= 4 is 16.9 Å². The quantitative estimate of drug-likeness (QED) is 0.897. The van der Waals surface area contributed by atoms with Crippen LogP contribution in [0.5, 0.6) is 0 Å². The van der Waals surface area contributed by atoms with Crippen molar-refractivity contribution in [1.82, 2.24) is 15.8 Å². The summed E-state index contributed by atoms with van der Waals surface area (Å²) in [4.78, 5) is 12.5. The topological polar surface area (TPSA) is 76.4 Å². The van der Waals surface area contributed by atoms with Crippen LogP contribution < -0.4 is 10.6 Å². The fraction of sp³-hybridized carbons (Fsp3) is 0.500. The number of rotatable bonds is 3. The maximum Gasteiger partial charge on any atom is 0.227 e. The number of carbonyl (C=O) groups excluding carboxylic acids is 1. The molecule has 1 fully saturated rings. The zero-order valence-electron chi connectivity index (χ0n) is 13.2. The number of fused-ring (bicyclic) bond motifs is 1. The van der Waals surface area contributed by atoms with Crippen molar-refractivity contribution in [2.45, 2.75) is 19.4 Å². The number of hydrogen-bond donors (Lipinski definition) is 2. The first kappa shape index (κ1) is 15.9. The minimum atomic E-state index is -0.789. The normalized spacial score (nSPS) is 19.5. The van der Waals surface area contributed by atoms with Crippen LogP contribution in [-0.4, -0.2) is 37.4 Å². The molecule has 0 saturated carbocycles. The van der Waals surface area contributed by atoms with Gasteiger partial charge in [-0.2, -0.15) is 0 Å². The van der Waals surface area contributed by atoms with Crippen molar-refractivity contribution in [3.8, 4) is 0 Å². The summed E-state index contributed by atoms with van der Waals surface area (Å²) in [6.45, 7) is 5.91. The summed E-state index contributed by atoms with van der Waals surface area (Å²) in [5.41, 5.74) is -0.185. The highest BCUT2D eigenvalue weighted by Crippen LogP contribution is 2.29. The molecule has 1 aliphatic heterocycles. The van der Waals surface area contributed by atoms with Gasteiger partial charge in [-0.1, -0.05) is 11.2 Å². The molecular weight excluding hydrogens is 301 g/mol. The Balaban J connectivity index is 1.82. The van der Waals surface area contributed by atoms with Crippen LogP contribution in [0.15, 0.2) is 22.7 Å². The molecule has 0 spiro atoms. The zero-order chi connectivity index (χ0) is 16.4. The molecule has 1 saturated heterocycles. The Labute approximate surface area is 133 Å². The molecule has 7 heteroatoms. The van der Waals surface area contributed by atoms with E-state index in [-0.39, 0.29) is 17.4 Å². The Morgan fingerprint density at radius 2 is 2.30 bits per heavy atom. The van der Waals surface area contributed by atoms with Gasteiger partial charge in [0.25, 0.3) is 0 Å². The van der Waals surface area contributed by atoms with Gasteiger partial charge in [-0.15, -0.1) is 0 Å². The van der Waals surface area contributed by atoms with Gasteiger partial charge in [0, 0.05) is 13.1 Å². The molecule has 124 valence electrons. The number of aromatic nitrogens is 1. The van der Waals surface area contributed by atoms with Crippen LogP contribution in [0.1, 0.15) is 19.5 Å². The van der Waals surface area contributed by atoms with Gasteiger partial charge in [0.15, 0.2) is 5.82 Å². The van der Waals surface area contributed by atoms with E-state index in [1.807, 2.05) is 13.8 Å². The van der Waals surface area contributed by atoms with E-state index in [1.165, 1.54) is 6.07 Å². The van der Waals surface area contributed by atoms with E-state index < -0.39 is 11.4 Å². The van der Waals surface area contributed by atoms with Crippen LogP contribution in [0, 0.1) is 11.7 Å². The van der Waals surface area contributed by atoms with Crippen molar-refractivity contribution in [3.05, 3.63) is 29.7 Å². The molecule has 1 aromatic carbocycles. The smallest absolute Gasteiger partial charge is 0.227 e. The second-order valence-electron chi connectivity index (χ2n) is 6.24. The van der Waals surface area contributed by atoms with Gasteiger partial charge < -0.3 is 19.9 Å². The summed E-state index contributed by atoms with van der Waals surface area (Å²) < 4.78 is 24.3. The highest BCUT2D eigenvalue weighted by Gasteiger charge is 2.32. The van der Waals surface area contributed by atoms with E-state index in [2.05, 4.69) is 15.8 Å². The molecule has 0 bridgehead atoms. The van der Waals surface area contributed by atoms with Gasteiger partial charge in [-0.05, 0) is 26.0 Å². The molecule has 3 rings (SSSR count). The third-order valence-electron chi connectivity index (χ3n) is 3.98. The van der Waals surface area contributed by atoms with Gasteiger partial charge in [-0.25, -0.2) is 4.39 Å². The summed E-state index contributed by atoms with van der Waals surface area (Å²) in [6, 6.07) is 4.64. The number of hydrogen-bond acceptors (Lipinski definition) is 5. The SMILES string of the molecule is CC(C)(NC(=O)C1CNCCOC1)c1noc2c(F)cccc12. The lowest BCUT2D eigenvalue weighted by Crippen LogP contribution is -2.47. The highest BCUT2D eigenvalue weighted by atomic mass is 19.1. The number of halogens is 1.